The van der Waals surface area contributed by atoms with Gasteiger partial charge in [0.1, 0.15) is 24.1 Å². The van der Waals surface area contributed by atoms with Gasteiger partial charge in [-0.1, -0.05) is 34.6 Å². The number of Topliss-reactive ketones (excluding diaryl/α,β-unsaturated/α-hetero) is 1. The third-order valence-electron chi connectivity index (χ3n) is 20.7. The summed E-state index contributed by atoms with van der Waals surface area (Å²) in [5.41, 5.74) is 31.9. The maximum atomic E-state index is 14.4. The first-order chi connectivity index (χ1) is 41.8. The van der Waals surface area contributed by atoms with Gasteiger partial charge in [0.2, 0.25) is 35.4 Å². The number of nitrogens with zero attached hydrogens (tertiary/aromatic N) is 5. The van der Waals surface area contributed by atoms with Crippen LogP contribution in [0, 0.1) is 59.2 Å². The first-order valence-electron chi connectivity index (χ1n) is 30.8. The van der Waals surface area contributed by atoms with E-state index in [2.05, 4.69) is 15.6 Å². The van der Waals surface area contributed by atoms with Crippen molar-refractivity contribution in [2.75, 3.05) is 13.2 Å². The predicted octanol–water partition coefficient (Wildman–Crippen LogP) is 4.27. The number of hydrogen-bond donors (Lipinski definition) is 10. The second-order valence-corrected chi connectivity index (χ2v) is 28.7. The molecule has 1 aromatic heterocycles. The van der Waals surface area contributed by atoms with E-state index < -0.39 is 137 Å². The van der Waals surface area contributed by atoms with Gasteiger partial charge in [-0.3, -0.25) is 52.8 Å². The molecule has 2 aromatic rings. The lowest BCUT2D eigenvalue weighted by molar-refractivity contribution is -0.124. The van der Waals surface area contributed by atoms with Gasteiger partial charge in [-0.15, -0.1) is 0 Å². The summed E-state index contributed by atoms with van der Waals surface area (Å²) in [5, 5.41) is 28.3. The summed E-state index contributed by atoms with van der Waals surface area (Å²) in [7, 11) is -5.06. The van der Waals surface area contributed by atoms with Crippen molar-refractivity contribution in [2.24, 2.45) is 89.0 Å². The van der Waals surface area contributed by atoms with Gasteiger partial charge in [0, 0.05) is 131 Å². The number of rotatable bonds is 26. The zero-order valence-corrected chi connectivity index (χ0v) is 54.6. The number of benzene rings is 1. The number of phosphoric acid groups is 1. The van der Waals surface area contributed by atoms with Crippen LogP contribution >= 0.6 is 7.82 Å². The van der Waals surface area contributed by atoms with Crippen LogP contribution in [-0.4, -0.2) is 132 Å². The minimum Gasteiger partial charge on any atom is -0.394 e. The van der Waals surface area contributed by atoms with E-state index >= 15 is 0 Å². The number of ether oxygens (including phenoxy) is 1. The molecule has 8 bridgehead atoms. The molecule has 6 aliphatic rings. The maximum absolute atomic E-state index is 14.4. The Balaban J connectivity index is 1.19. The van der Waals surface area contributed by atoms with Crippen LogP contribution in [0.4, 0.5) is 0 Å². The Labute approximate surface area is 524 Å². The number of aromatic nitrogens is 2. The zero-order valence-electron chi connectivity index (χ0n) is 53.7. The molecule has 0 radical (unpaired) electrons. The number of carbonyl (C=O) groups is 7. The number of nitrogens with two attached hydrogens (primary N) is 5. The number of amides is 6. The monoisotopic (exact) mass is 1270 g/mol. The molecule has 492 valence electrons. The number of imidazole rings is 1. The largest absolute Gasteiger partial charge is 0.472 e. The van der Waals surface area contributed by atoms with Crippen LogP contribution in [-0.2, 0) is 51.9 Å². The molecular weight excluding hydrogens is 1180 g/mol. The molecule has 0 spiro atoms. The number of aryl methyl sites for hydroxylation is 2. The Hall–Kier alpha value is -6.80. The van der Waals surface area contributed by atoms with Gasteiger partial charge in [-0.2, -0.15) is 0 Å². The molecule has 8 rings (SSSR count). The van der Waals surface area contributed by atoms with Gasteiger partial charge < -0.3 is 68.5 Å². The molecule has 90 heavy (non-hydrogen) atoms. The number of fused-ring (bicyclic) bond motifs is 7. The molecule has 12 unspecified atom stereocenters. The SMILES string of the molecule is CC(=O)CCC1C2=C(C)C3=NC(C(CC(N)=O)C3(C)CCC(=O)NCC(C)OP(=O)(O)O[C@@H]3[C@@H](CO)OC(n4cnc5cc(C)c(C)cc54)[C@@H]3O)C3(C)N=C(/C(C)=C4\NC(=CC(=N2)C1(C)C)C(CCC(N)=O)C4(C)CC(N)=O)C(CCC(N)=O)C3(C)CC(N)=O. The molecule has 2 saturated heterocycles. The summed E-state index contributed by atoms with van der Waals surface area (Å²) >= 11 is 0. The van der Waals surface area contributed by atoms with Crippen molar-refractivity contribution in [3.05, 3.63) is 63.9 Å². The van der Waals surface area contributed by atoms with Crippen molar-refractivity contribution >= 4 is 77.2 Å². The molecule has 0 saturated carbocycles. The fourth-order valence-corrected chi connectivity index (χ4v) is 16.6. The molecule has 26 nitrogen and oxygen atoms in total. The van der Waals surface area contributed by atoms with Crippen LogP contribution in [0.15, 0.2) is 67.8 Å². The minimum atomic E-state index is -5.06. The molecule has 7 heterocycles. The normalized spacial score (nSPS) is 32.9. The number of carbonyl (C=O) groups excluding carboxylic acids is 7. The quantitative estimate of drug-likeness (QED) is 0.0588. The number of phosphoric ester groups is 1. The Morgan fingerprint density at radius 3 is 2.04 bits per heavy atom. The highest BCUT2D eigenvalue weighted by atomic mass is 31.2. The van der Waals surface area contributed by atoms with Crippen molar-refractivity contribution in [3.63, 3.8) is 0 Å². The van der Waals surface area contributed by atoms with Crippen LogP contribution in [0.25, 0.3) is 11.0 Å². The number of aliphatic hydroxyl groups is 2. The number of aliphatic imine (C=N–C) groups is 3. The van der Waals surface area contributed by atoms with E-state index in [9.17, 15) is 53.2 Å². The summed E-state index contributed by atoms with van der Waals surface area (Å²) < 4.78 is 32.3. The molecular formula is C63H91N12O14P. The zero-order chi connectivity index (χ0) is 66.7. The third-order valence-corrected chi connectivity index (χ3v) is 21.8. The fraction of sp³-hybridized carbons (Fsp3) is 0.635. The number of ketones is 1. The van der Waals surface area contributed by atoms with Crippen molar-refractivity contribution in [3.8, 4) is 0 Å². The van der Waals surface area contributed by atoms with Gasteiger partial charge in [-0.05, 0) is 115 Å². The molecule has 27 heteroatoms. The molecule has 6 amide bonds. The number of aliphatic hydroxyl groups excluding tert-OH is 2. The van der Waals surface area contributed by atoms with E-state index in [1.54, 1.807) is 4.57 Å². The first-order valence-corrected chi connectivity index (χ1v) is 32.3. The first kappa shape index (κ1) is 69.1. The standard InChI is InChI=1S/C63H91N12O14P/c1-30-21-41-42(22-31(30)2)75(29-70-41)58-53(84)54(43(28-76)87-58)89-90(85,86)88-33(4)27-69-50(83)19-20-60(9)39(23-47(66)80)57-63(12)62(11,26-49(68)82)38(16-18-46(65)79)52(74-63)35(6)56-61(10,25-48(67)81)36(15-17-45(64)78)40(71-56)24-44-59(7,8)37(14-13-32(3)77)51(72-44)34(5)55(60)73-57/h21-22,24,29,33,36-39,43,53-54,57-58,71,76,84H,13-20,23,25-28H2,1-12H3,(H2,64,78)(H2,65,79)(H2,66,80)(H2,67,81)(H2,68,82)(H,69,83)(H,85,86)/b40-24?,51-34?,56-35-/t33?,36?,37?,38?,39?,43-,53-,54-,57?,58?,60?,61?,62?,63?/m1/s1. The second kappa shape index (κ2) is 25.7. The van der Waals surface area contributed by atoms with Crippen molar-refractivity contribution in [1.29, 1.82) is 0 Å². The second-order valence-electron chi connectivity index (χ2n) is 27.3. The highest BCUT2D eigenvalue weighted by Crippen LogP contribution is 2.63. The van der Waals surface area contributed by atoms with Crippen LogP contribution in [0.3, 0.4) is 0 Å². The summed E-state index contributed by atoms with van der Waals surface area (Å²) in [6, 6.07) is 2.72. The van der Waals surface area contributed by atoms with Gasteiger partial charge >= 0.3 is 7.82 Å². The average molecular weight is 1270 g/mol. The maximum Gasteiger partial charge on any atom is 0.472 e. The van der Waals surface area contributed by atoms with Gasteiger partial charge in [-0.25, -0.2) is 9.55 Å². The Morgan fingerprint density at radius 2 is 1.44 bits per heavy atom. The fourth-order valence-electron chi connectivity index (χ4n) is 15.5. The van der Waals surface area contributed by atoms with Crippen molar-refractivity contribution < 1.29 is 67.0 Å². The van der Waals surface area contributed by atoms with E-state index in [1.807, 2.05) is 87.4 Å². The Morgan fingerprint density at radius 1 is 0.822 bits per heavy atom. The minimum absolute atomic E-state index is 0.00860. The Bertz CT molecular complexity index is 3530. The van der Waals surface area contributed by atoms with Crippen LogP contribution < -0.4 is 39.3 Å². The number of primary amides is 5. The lowest BCUT2D eigenvalue weighted by Gasteiger charge is -2.48. The molecule has 15 atom stereocenters. The summed E-state index contributed by atoms with van der Waals surface area (Å²) in [6.45, 7) is 21.0. The van der Waals surface area contributed by atoms with Crippen LogP contribution in [0.5, 0.6) is 0 Å². The van der Waals surface area contributed by atoms with Gasteiger partial charge in [0.05, 0.1) is 41.7 Å². The van der Waals surface area contributed by atoms with Crippen molar-refractivity contribution in [2.45, 2.75) is 196 Å². The number of nitrogens with one attached hydrogen (secondary N) is 2. The van der Waals surface area contributed by atoms with E-state index in [-0.39, 0.29) is 76.5 Å². The van der Waals surface area contributed by atoms with E-state index in [4.69, 9.17) is 57.4 Å². The molecule has 15 N–H and O–H groups in total. The smallest absolute Gasteiger partial charge is 0.394 e. The van der Waals surface area contributed by atoms with E-state index in [0.29, 0.717) is 62.8 Å². The topological polar surface area (TPSA) is 434 Å². The van der Waals surface area contributed by atoms with Gasteiger partial charge in [0.25, 0.3) is 0 Å². The lowest BCUT2D eigenvalue weighted by atomic mass is 9.55. The van der Waals surface area contributed by atoms with Crippen molar-refractivity contribution in [1.82, 2.24) is 20.2 Å². The highest BCUT2D eigenvalue weighted by molar-refractivity contribution is 7.47. The number of allylic oxidation sites excluding steroid dienone is 6. The molecule has 1 aromatic carbocycles. The third kappa shape index (κ3) is 13.0. The molecule has 6 aliphatic heterocycles. The van der Waals surface area contributed by atoms with E-state index in [1.165, 1.54) is 20.2 Å². The molecule has 2 fully saturated rings. The predicted molar refractivity (Wildman–Crippen MR) is 335 cm³/mol. The summed E-state index contributed by atoms with van der Waals surface area (Å²) in [5.74, 6) is -6.48. The Kier molecular flexibility index (Phi) is 19.7. The van der Waals surface area contributed by atoms with Crippen LogP contribution in [0.1, 0.15) is 157 Å². The summed E-state index contributed by atoms with van der Waals surface area (Å²) in [4.78, 5) is 126. The highest BCUT2D eigenvalue weighted by Gasteiger charge is 2.66. The van der Waals surface area contributed by atoms with E-state index in [0.717, 1.165) is 11.1 Å². The summed E-state index contributed by atoms with van der Waals surface area (Å²) in [6.07, 6.45) is -3.72. The average Bonchev–Trinajstić information content (AvgIpc) is 1.53. The van der Waals surface area contributed by atoms with Crippen LogP contribution in [0.2, 0.25) is 0 Å². The lowest BCUT2D eigenvalue weighted by Crippen LogP contribution is -2.56. The van der Waals surface area contributed by atoms with Gasteiger partial charge in [0.15, 0.2) is 6.23 Å². The molecule has 0 aliphatic carbocycles. The number of hydrogen-bond acceptors (Lipinski definition) is 18.